The molecule has 1 aliphatic heterocycles. The molecule has 4 N–H and O–H groups in total. The highest BCUT2D eigenvalue weighted by atomic mass is 35.5. The third kappa shape index (κ3) is 8.95. The van der Waals surface area contributed by atoms with Gasteiger partial charge >= 0.3 is 12.0 Å². The fourth-order valence-electron chi connectivity index (χ4n) is 4.36. The topological polar surface area (TPSA) is 140 Å². The number of carbonyl (C=O) groups excluding carboxylic acids is 2. The Labute approximate surface area is 275 Å². The summed E-state index contributed by atoms with van der Waals surface area (Å²) in [5.74, 6) is 0.591. The average Bonchev–Trinajstić information content (AvgIpc) is 3.00. The summed E-state index contributed by atoms with van der Waals surface area (Å²) in [6.45, 7) is 3.73. The number of amides is 2. The van der Waals surface area contributed by atoms with Gasteiger partial charge < -0.3 is 34.7 Å². The molecule has 14 heteroatoms. The van der Waals surface area contributed by atoms with Crippen molar-refractivity contribution in [3.63, 3.8) is 0 Å². The first kappa shape index (κ1) is 33.7. The molecule has 2 amide bonds. The number of halogens is 3. The van der Waals surface area contributed by atoms with Gasteiger partial charge in [-0.3, -0.25) is 5.43 Å². The molecule has 1 aliphatic rings. The van der Waals surface area contributed by atoms with E-state index >= 15 is 0 Å². The van der Waals surface area contributed by atoms with Gasteiger partial charge in [-0.2, -0.15) is 5.10 Å². The maximum Gasteiger partial charge on any atom is 0.337 e. The van der Waals surface area contributed by atoms with E-state index < -0.39 is 24.3 Å². The summed E-state index contributed by atoms with van der Waals surface area (Å²) in [5, 5.41) is 21.4. The van der Waals surface area contributed by atoms with Gasteiger partial charge in [0, 0.05) is 31.9 Å². The van der Waals surface area contributed by atoms with Gasteiger partial charge in [-0.25, -0.2) is 9.59 Å². The summed E-state index contributed by atoms with van der Waals surface area (Å²) in [7, 11) is 1.27. The van der Waals surface area contributed by atoms with Crippen molar-refractivity contribution >= 4 is 53.0 Å². The Morgan fingerprint density at radius 2 is 1.76 bits per heavy atom. The summed E-state index contributed by atoms with van der Waals surface area (Å²) in [6.07, 6.45) is 0.253. The van der Waals surface area contributed by atoms with Crippen LogP contribution in [0.4, 0.5) is 4.79 Å². The maximum atomic E-state index is 12.5. The number of allylic oxidation sites excluding steroid dienone is 1. The van der Waals surface area contributed by atoms with Crippen LogP contribution in [-0.2, 0) is 16.1 Å². The number of hydrogen-bond donors (Lipinski definition) is 4. The number of carbonyl (C=O) groups is 2. The number of aliphatic hydroxyl groups excluding tert-OH is 1. The molecule has 0 unspecified atom stereocenters. The smallest absolute Gasteiger partial charge is 0.337 e. The van der Waals surface area contributed by atoms with Crippen molar-refractivity contribution in [2.45, 2.75) is 32.7 Å². The summed E-state index contributed by atoms with van der Waals surface area (Å²) >= 11 is 18.4. The first-order valence-corrected chi connectivity index (χ1v) is 14.8. The normalized spacial score (nSPS) is 15.3. The highest BCUT2D eigenvalue weighted by Crippen LogP contribution is 2.35. The Bertz CT molecular complexity index is 1620. The second kappa shape index (κ2) is 15.7. The molecule has 11 nitrogen and oxygen atoms in total. The van der Waals surface area contributed by atoms with Crippen LogP contribution in [0.25, 0.3) is 0 Å². The fourth-order valence-corrected chi connectivity index (χ4v) is 5.00. The number of aliphatic hydroxyl groups is 1. The minimum Gasteiger partial charge on any atom is -0.490 e. The quantitative estimate of drug-likeness (QED) is 0.0777. The number of ether oxygens (including phenoxy) is 4. The number of hydrogen-bond acceptors (Lipinski definition) is 9. The molecule has 0 spiro atoms. The Morgan fingerprint density at radius 3 is 2.49 bits per heavy atom. The van der Waals surface area contributed by atoms with Gasteiger partial charge in [0.15, 0.2) is 17.7 Å². The van der Waals surface area contributed by atoms with Crippen molar-refractivity contribution in [1.29, 1.82) is 0 Å². The third-order valence-corrected chi connectivity index (χ3v) is 7.29. The van der Waals surface area contributed by atoms with Crippen LogP contribution < -0.4 is 30.3 Å². The largest absolute Gasteiger partial charge is 0.490 e. The van der Waals surface area contributed by atoms with Crippen LogP contribution in [0.5, 0.6) is 17.2 Å². The number of hydrazone groups is 1. The monoisotopic (exact) mass is 676 g/mol. The van der Waals surface area contributed by atoms with Gasteiger partial charge in [0.1, 0.15) is 19.0 Å². The van der Waals surface area contributed by atoms with Gasteiger partial charge in [0.2, 0.25) is 0 Å². The Kier molecular flexibility index (Phi) is 11.8. The predicted octanol–water partition coefficient (Wildman–Crippen LogP) is 5.75. The number of nitrogens with one attached hydrogen (secondary N) is 3. The summed E-state index contributed by atoms with van der Waals surface area (Å²) in [5.41, 5.74) is 5.12. The van der Waals surface area contributed by atoms with Crippen molar-refractivity contribution in [1.82, 2.24) is 16.1 Å². The van der Waals surface area contributed by atoms with Crippen molar-refractivity contribution < 1.29 is 33.6 Å². The van der Waals surface area contributed by atoms with Gasteiger partial charge in [-0.15, -0.1) is 0 Å². The number of esters is 1. The minimum absolute atomic E-state index is 0.188. The maximum absolute atomic E-state index is 12.5. The molecule has 0 saturated carbocycles. The van der Waals surface area contributed by atoms with Crippen molar-refractivity contribution in [2.75, 3.05) is 20.3 Å². The van der Waals surface area contributed by atoms with E-state index in [1.54, 1.807) is 68.4 Å². The van der Waals surface area contributed by atoms with Crippen molar-refractivity contribution in [2.24, 2.45) is 5.10 Å². The standard InChI is InChI=1S/C31H31Cl3N4O7/c1-4-43-26-12-18(29-28(30(40)42-3)17(2)36-31(41)37-29)6-9-25(26)45-16-27(39)38-35-14-20-11-21(32)8-10-24(20)44-15-19-5-7-22(33)13-23(19)34/h5-14,27,29,38-39H,4,15-16H2,1-3H3,(H2,36,37,41)/b35-14+/t27-,29+/m0/s1. The lowest BCUT2D eigenvalue weighted by molar-refractivity contribution is -0.136. The van der Waals surface area contributed by atoms with E-state index in [0.717, 1.165) is 5.56 Å². The molecule has 0 fully saturated rings. The highest BCUT2D eigenvalue weighted by molar-refractivity contribution is 6.35. The average molecular weight is 678 g/mol. The highest BCUT2D eigenvalue weighted by Gasteiger charge is 2.32. The first-order valence-electron chi connectivity index (χ1n) is 13.7. The third-order valence-electron chi connectivity index (χ3n) is 6.47. The zero-order valence-corrected chi connectivity index (χ0v) is 26.8. The molecule has 3 aromatic rings. The van der Waals surface area contributed by atoms with Crippen LogP contribution >= 0.6 is 34.8 Å². The SMILES string of the molecule is CCOc1cc([C@H]2NC(=O)NC(C)=C2C(=O)OC)ccc1OC[C@H](O)N/N=C/c1cc(Cl)ccc1OCc1ccc(Cl)cc1Cl. The molecule has 0 radical (unpaired) electrons. The summed E-state index contributed by atoms with van der Waals surface area (Å²) in [4.78, 5) is 24.6. The molecule has 45 heavy (non-hydrogen) atoms. The van der Waals surface area contributed by atoms with Gasteiger partial charge in [-0.05, 0) is 61.9 Å². The second-order valence-corrected chi connectivity index (χ2v) is 10.9. The molecule has 238 valence electrons. The lowest BCUT2D eigenvalue weighted by atomic mass is 9.95. The molecule has 0 bridgehead atoms. The Morgan fingerprint density at radius 1 is 1.02 bits per heavy atom. The molecule has 3 aromatic carbocycles. The lowest BCUT2D eigenvalue weighted by Gasteiger charge is -2.28. The van der Waals surface area contributed by atoms with Crippen LogP contribution in [-0.4, -0.2) is 49.9 Å². The summed E-state index contributed by atoms with van der Waals surface area (Å²) < 4.78 is 22.4. The molecule has 1 heterocycles. The van der Waals surface area contributed by atoms with Crippen LogP contribution in [0.15, 0.2) is 71.0 Å². The van der Waals surface area contributed by atoms with Crippen molar-refractivity contribution in [3.05, 3.63) is 97.6 Å². The van der Waals surface area contributed by atoms with Crippen molar-refractivity contribution in [3.8, 4) is 17.2 Å². The number of benzene rings is 3. The fraction of sp³-hybridized carbons (Fsp3) is 0.258. The zero-order valence-electron chi connectivity index (χ0n) is 24.5. The van der Waals surface area contributed by atoms with E-state index in [0.29, 0.717) is 55.7 Å². The van der Waals surface area contributed by atoms with E-state index in [1.807, 2.05) is 0 Å². The van der Waals surface area contributed by atoms with Crippen LogP contribution in [0.3, 0.4) is 0 Å². The van der Waals surface area contributed by atoms with E-state index in [4.69, 9.17) is 53.8 Å². The molecule has 2 atom stereocenters. The van der Waals surface area contributed by atoms with Gasteiger partial charge in [-0.1, -0.05) is 46.9 Å². The van der Waals surface area contributed by atoms with Gasteiger partial charge in [0.25, 0.3) is 0 Å². The molecule has 4 rings (SSSR count). The molecule has 0 aromatic heterocycles. The Hall–Kier alpha value is -4.16. The van der Waals surface area contributed by atoms with Crippen LogP contribution in [0, 0.1) is 0 Å². The van der Waals surface area contributed by atoms with E-state index in [1.165, 1.54) is 13.3 Å². The van der Waals surface area contributed by atoms with Gasteiger partial charge in [0.05, 0.1) is 31.5 Å². The molecule has 0 aliphatic carbocycles. The Balaban J connectivity index is 1.41. The number of nitrogens with zero attached hydrogens (tertiary/aromatic N) is 1. The van der Waals surface area contributed by atoms with Crippen LogP contribution in [0.2, 0.25) is 15.1 Å². The summed E-state index contributed by atoms with van der Waals surface area (Å²) in [6, 6.07) is 13.9. The predicted molar refractivity (Wildman–Crippen MR) is 171 cm³/mol. The molecule has 0 saturated heterocycles. The van der Waals surface area contributed by atoms with E-state index in [9.17, 15) is 14.7 Å². The van der Waals surface area contributed by atoms with Crippen LogP contribution in [0.1, 0.15) is 36.6 Å². The van der Waals surface area contributed by atoms with E-state index in [-0.39, 0.29) is 18.8 Å². The zero-order chi connectivity index (χ0) is 32.5. The lowest BCUT2D eigenvalue weighted by Crippen LogP contribution is -2.45. The van der Waals surface area contributed by atoms with E-state index in [2.05, 4.69) is 21.2 Å². The first-order chi connectivity index (χ1) is 21.6. The number of urea groups is 1. The molecular weight excluding hydrogens is 647 g/mol. The minimum atomic E-state index is -1.20. The molecular formula is C31H31Cl3N4O7. The second-order valence-electron chi connectivity index (χ2n) is 9.62. The number of methoxy groups -OCH3 is 1. The number of rotatable bonds is 13.